The number of thioether (sulfide) groups is 1. The molecule has 0 radical (unpaired) electrons. The summed E-state index contributed by atoms with van der Waals surface area (Å²) in [5.41, 5.74) is -1.23. The molecule has 3 aromatic rings. The molecule has 0 saturated heterocycles. The molecule has 0 fully saturated rings. The molecule has 0 bridgehead atoms. The van der Waals surface area contributed by atoms with Gasteiger partial charge in [-0.3, -0.25) is 4.79 Å². The maximum atomic E-state index is 13.5. The molecule has 10 heteroatoms. The van der Waals surface area contributed by atoms with Crippen molar-refractivity contribution < 1.29 is 26.8 Å². The molecule has 0 atom stereocenters. The molecule has 5 nitrogen and oxygen atoms in total. The largest absolute Gasteiger partial charge is 0.463 e. The predicted molar refractivity (Wildman–Crippen MR) is 90.5 cm³/mol. The minimum atomic E-state index is -4.69. The Morgan fingerprint density at radius 3 is 2.59 bits per heavy atom. The smallest absolute Gasteiger partial charge is 0.433 e. The van der Waals surface area contributed by atoms with E-state index in [4.69, 9.17) is 4.42 Å². The van der Waals surface area contributed by atoms with Gasteiger partial charge in [-0.25, -0.2) is 14.4 Å². The van der Waals surface area contributed by atoms with Gasteiger partial charge in [0.25, 0.3) is 0 Å². The fraction of sp³-hybridized carbons (Fsp3) is 0.118. The van der Waals surface area contributed by atoms with Crippen LogP contribution in [-0.2, 0) is 11.0 Å². The number of aromatic nitrogens is 2. The van der Waals surface area contributed by atoms with E-state index in [0.717, 1.165) is 6.07 Å². The van der Waals surface area contributed by atoms with E-state index >= 15 is 0 Å². The van der Waals surface area contributed by atoms with Gasteiger partial charge < -0.3 is 9.73 Å². The summed E-state index contributed by atoms with van der Waals surface area (Å²) in [5, 5.41) is 2.09. The zero-order valence-corrected chi connectivity index (χ0v) is 14.3. The fourth-order valence-corrected chi connectivity index (χ4v) is 2.72. The first kappa shape index (κ1) is 18.9. The summed E-state index contributed by atoms with van der Waals surface area (Å²) in [6.07, 6.45) is -3.38. The molecule has 0 spiro atoms. The van der Waals surface area contributed by atoms with Crippen molar-refractivity contribution in [1.82, 2.24) is 9.97 Å². The highest BCUT2D eigenvalue weighted by Gasteiger charge is 2.34. The summed E-state index contributed by atoms with van der Waals surface area (Å²) < 4.78 is 57.8. The second-order valence-electron chi connectivity index (χ2n) is 5.21. The summed E-state index contributed by atoms with van der Waals surface area (Å²) in [6.45, 7) is 0. The lowest BCUT2D eigenvalue weighted by atomic mass is 10.2. The molecular formula is C17H11F4N3O2S. The van der Waals surface area contributed by atoms with Crippen molar-refractivity contribution in [1.29, 1.82) is 0 Å². The van der Waals surface area contributed by atoms with Crippen LogP contribution in [0.3, 0.4) is 0 Å². The van der Waals surface area contributed by atoms with E-state index in [0.29, 0.717) is 11.8 Å². The highest BCUT2D eigenvalue weighted by Crippen LogP contribution is 2.32. The number of hydrogen-bond acceptors (Lipinski definition) is 5. The van der Waals surface area contributed by atoms with Crippen LogP contribution in [0.2, 0.25) is 0 Å². The minimum Gasteiger partial charge on any atom is -0.463 e. The number of amides is 1. The highest BCUT2D eigenvalue weighted by atomic mass is 32.2. The Hall–Kier alpha value is -2.88. The summed E-state index contributed by atoms with van der Waals surface area (Å²) in [7, 11) is 0. The molecule has 27 heavy (non-hydrogen) atoms. The molecule has 0 aliphatic rings. The van der Waals surface area contributed by atoms with Gasteiger partial charge in [0.2, 0.25) is 5.91 Å². The average molecular weight is 397 g/mol. The van der Waals surface area contributed by atoms with Crippen molar-refractivity contribution >= 4 is 23.4 Å². The molecule has 2 heterocycles. The minimum absolute atomic E-state index is 0.0238. The van der Waals surface area contributed by atoms with Crippen molar-refractivity contribution in [2.75, 3.05) is 11.1 Å². The van der Waals surface area contributed by atoms with Gasteiger partial charge in [0.05, 0.1) is 17.7 Å². The number of benzene rings is 1. The molecule has 0 aliphatic heterocycles. The first-order chi connectivity index (χ1) is 12.8. The SMILES string of the molecule is O=C(CSc1nc(-c2ccco2)cc(C(F)(F)F)n1)Nc1ccccc1F. The van der Waals surface area contributed by atoms with Gasteiger partial charge in [0.15, 0.2) is 10.9 Å². The normalized spacial score (nSPS) is 11.4. The number of anilines is 1. The quantitative estimate of drug-likeness (QED) is 0.386. The number of para-hydroxylation sites is 1. The zero-order chi connectivity index (χ0) is 19.4. The Labute approximate surface area is 154 Å². The van der Waals surface area contributed by atoms with Crippen molar-refractivity contribution in [3.63, 3.8) is 0 Å². The topological polar surface area (TPSA) is 68.0 Å². The second kappa shape index (κ2) is 7.78. The van der Waals surface area contributed by atoms with Crippen LogP contribution in [0.25, 0.3) is 11.5 Å². The molecular weight excluding hydrogens is 386 g/mol. The summed E-state index contributed by atoms with van der Waals surface area (Å²) in [4.78, 5) is 19.4. The number of carbonyl (C=O) groups excluding carboxylic acids is 1. The molecule has 0 aliphatic carbocycles. The van der Waals surface area contributed by atoms with Crippen LogP contribution in [0.15, 0.2) is 58.3 Å². The van der Waals surface area contributed by atoms with Crippen molar-refractivity contribution in [3.8, 4) is 11.5 Å². The van der Waals surface area contributed by atoms with Crippen molar-refractivity contribution in [2.24, 2.45) is 0 Å². The van der Waals surface area contributed by atoms with Gasteiger partial charge in [0.1, 0.15) is 17.2 Å². The summed E-state index contributed by atoms with van der Waals surface area (Å²) in [6, 6.07) is 9.29. The maximum Gasteiger partial charge on any atom is 0.433 e. The van der Waals surface area contributed by atoms with Crippen molar-refractivity contribution in [2.45, 2.75) is 11.3 Å². The van der Waals surface area contributed by atoms with E-state index in [1.807, 2.05) is 0 Å². The van der Waals surface area contributed by atoms with E-state index < -0.39 is 23.6 Å². The van der Waals surface area contributed by atoms with E-state index in [1.165, 1.54) is 42.7 Å². The van der Waals surface area contributed by atoms with Gasteiger partial charge in [0, 0.05) is 0 Å². The first-order valence-electron chi connectivity index (χ1n) is 7.50. The number of alkyl halides is 3. The Balaban J connectivity index is 1.77. The molecule has 1 amide bonds. The average Bonchev–Trinajstić information content (AvgIpc) is 3.16. The zero-order valence-electron chi connectivity index (χ0n) is 13.5. The Bertz CT molecular complexity index is 946. The molecule has 1 N–H and O–H groups in total. The van der Waals surface area contributed by atoms with Gasteiger partial charge in [-0.1, -0.05) is 23.9 Å². The molecule has 1 aromatic carbocycles. The fourth-order valence-electron chi connectivity index (χ4n) is 2.06. The van der Waals surface area contributed by atoms with Crippen LogP contribution in [-0.4, -0.2) is 21.6 Å². The maximum absolute atomic E-state index is 13.5. The van der Waals surface area contributed by atoms with Crippen LogP contribution >= 0.6 is 11.8 Å². The third-order valence-corrected chi connectivity index (χ3v) is 4.10. The number of hydrogen-bond donors (Lipinski definition) is 1. The van der Waals surface area contributed by atoms with Crippen LogP contribution in [0.5, 0.6) is 0 Å². The molecule has 0 unspecified atom stereocenters. The van der Waals surface area contributed by atoms with Crippen molar-refractivity contribution in [3.05, 3.63) is 60.2 Å². The predicted octanol–water partition coefficient (Wildman–Crippen LogP) is 4.63. The Kier molecular flexibility index (Phi) is 5.45. The summed E-state index contributed by atoms with van der Waals surface area (Å²) in [5.74, 6) is -1.38. The summed E-state index contributed by atoms with van der Waals surface area (Å²) >= 11 is 0.697. The highest BCUT2D eigenvalue weighted by molar-refractivity contribution is 7.99. The lowest BCUT2D eigenvalue weighted by Gasteiger charge is -2.09. The van der Waals surface area contributed by atoms with Crippen LogP contribution < -0.4 is 5.32 Å². The third kappa shape index (κ3) is 4.85. The monoisotopic (exact) mass is 397 g/mol. The van der Waals surface area contributed by atoms with Crippen LogP contribution in [0.4, 0.5) is 23.2 Å². The van der Waals surface area contributed by atoms with Gasteiger partial charge in [-0.15, -0.1) is 0 Å². The lowest BCUT2D eigenvalue weighted by Crippen LogP contribution is -2.16. The number of furan rings is 1. The van der Waals surface area contributed by atoms with E-state index in [-0.39, 0.29) is 28.1 Å². The van der Waals surface area contributed by atoms with E-state index in [9.17, 15) is 22.4 Å². The molecule has 140 valence electrons. The number of halogens is 4. The van der Waals surface area contributed by atoms with E-state index in [2.05, 4.69) is 15.3 Å². The van der Waals surface area contributed by atoms with Gasteiger partial charge >= 0.3 is 6.18 Å². The molecule has 2 aromatic heterocycles. The Morgan fingerprint density at radius 2 is 1.93 bits per heavy atom. The number of rotatable bonds is 5. The van der Waals surface area contributed by atoms with E-state index in [1.54, 1.807) is 0 Å². The van der Waals surface area contributed by atoms with Crippen LogP contribution in [0.1, 0.15) is 5.69 Å². The first-order valence-corrected chi connectivity index (χ1v) is 8.49. The van der Waals surface area contributed by atoms with Gasteiger partial charge in [-0.05, 0) is 30.3 Å². The third-order valence-electron chi connectivity index (χ3n) is 3.25. The number of nitrogens with one attached hydrogen (secondary N) is 1. The molecule has 0 saturated carbocycles. The van der Waals surface area contributed by atoms with Crippen LogP contribution in [0, 0.1) is 5.82 Å². The number of nitrogens with zero attached hydrogens (tertiary/aromatic N) is 2. The standard InChI is InChI=1S/C17H11F4N3O2S/c18-10-4-1-2-5-11(10)22-15(25)9-27-16-23-12(13-6-3-7-26-13)8-14(24-16)17(19,20)21/h1-8H,9H2,(H,22,25). The lowest BCUT2D eigenvalue weighted by molar-refractivity contribution is -0.141. The second-order valence-corrected chi connectivity index (χ2v) is 6.16. The Morgan fingerprint density at radius 1 is 1.15 bits per heavy atom. The number of carbonyl (C=O) groups is 1. The molecule has 3 rings (SSSR count). The van der Waals surface area contributed by atoms with Gasteiger partial charge in [-0.2, -0.15) is 13.2 Å².